The first-order chi connectivity index (χ1) is 6.26. The molecule has 0 heterocycles. The molecule has 2 N–H and O–H groups in total. The summed E-state index contributed by atoms with van der Waals surface area (Å²) in [6.07, 6.45) is 6.26. The van der Waals surface area contributed by atoms with Crippen LogP contribution in [0.3, 0.4) is 0 Å². The van der Waals surface area contributed by atoms with Gasteiger partial charge in [-0.3, -0.25) is 0 Å². The van der Waals surface area contributed by atoms with Crippen LogP contribution in [0.5, 0.6) is 0 Å². The molecule has 1 aliphatic rings. The summed E-state index contributed by atoms with van der Waals surface area (Å²) in [6.45, 7) is 5.82. The molecule has 13 heavy (non-hydrogen) atoms. The summed E-state index contributed by atoms with van der Waals surface area (Å²) in [5, 5.41) is 0. The number of rotatable bonds is 4. The fourth-order valence-corrected chi connectivity index (χ4v) is 2.47. The average Bonchev–Trinajstić information content (AvgIpc) is 2.19. The molecule has 0 saturated heterocycles. The summed E-state index contributed by atoms with van der Waals surface area (Å²) in [6, 6.07) is 0. The predicted octanol–water partition coefficient (Wildman–Crippen LogP) is 2.32. The lowest BCUT2D eigenvalue weighted by Crippen LogP contribution is -2.44. The maximum atomic E-state index is 5.83. The van der Waals surface area contributed by atoms with Crippen molar-refractivity contribution < 1.29 is 4.74 Å². The molecule has 0 spiro atoms. The molecule has 2 unspecified atom stereocenters. The van der Waals surface area contributed by atoms with Crippen molar-refractivity contribution in [2.24, 2.45) is 11.7 Å². The second-order valence-corrected chi connectivity index (χ2v) is 4.19. The molecule has 0 aromatic rings. The molecule has 0 bridgehead atoms. The minimum atomic E-state index is 0.0215. The summed E-state index contributed by atoms with van der Waals surface area (Å²) in [5.41, 5.74) is 5.84. The fourth-order valence-electron chi connectivity index (χ4n) is 2.47. The van der Waals surface area contributed by atoms with Crippen molar-refractivity contribution in [1.82, 2.24) is 0 Å². The van der Waals surface area contributed by atoms with E-state index in [1.54, 1.807) is 0 Å². The standard InChI is InChI=1S/C11H23NO/c1-3-10-6-5-7-11(8-10,9-12)13-4-2/h10H,3-9,12H2,1-2H3. The molecule has 78 valence electrons. The van der Waals surface area contributed by atoms with Gasteiger partial charge in [0, 0.05) is 13.2 Å². The van der Waals surface area contributed by atoms with Gasteiger partial charge in [0.2, 0.25) is 0 Å². The molecule has 0 aromatic carbocycles. The van der Waals surface area contributed by atoms with Crippen LogP contribution in [0, 0.1) is 5.92 Å². The van der Waals surface area contributed by atoms with E-state index < -0.39 is 0 Å². The highest BCUT2D eigenvalue weighted by Crippen LogP contribution is 2.35. The number of nitrogens with two attached hydrogens (primary N) is 1. The van der Waals surface area contributed by atoms with Gasteiger partial charge in [-0.05, 0) is 25.7 Å². The Morgan fingerprint density at radius 3 is 2.77 bits per heavy atom. The number of hydrogen-bond donors (Lipinski definition) is 1. The zero-order valence-electron chi connectivity index (χ0n) is 9.01. The van der Waals surface area contributed by atoms with Crippen LogP contribution in [0.15, 0.2) is 0 Å². The van der Waals surface area contributed by atoms with Crippen LogP contribution in [0.1, 0.15) is 46.0 Å². The summed E-state index contributed by atoms with van der Waals surface area (Å²) in [7, 11) is 0. The van der Waals surface area contributed by atoms with Crippen LogP contribution in [-0.4, -0.2) is 18.8 Å². The zero-order chi connectivity index (χ0) is 9.73. The van der Waals surface area contributed by atoms with Crippen LogP contribution in [-0.2, 0) is 4.74 Å². The first kappa shape index (κ1) is 11.0. The van der Waals surface area contributed by atoms with Gasteiger partial charge in [-0.25, -0.2) is 0 Å². The van der Waals surface area contributed by atoms with Crippen LogP contribution in [0.25, 0.3) is 0 Å². The van der Waals surface area contributed by atoms with Gasteiger partial charge in [0.15, 0.2) is 0 Å². The SMILES string of the molecule is CCOC1(CN)CCCC(CC)C1. The molecular formula is C11H23NO. The predicted molar refractivity (Wildman–Crippen MR) is 55.7 cm³/mol. The Hall–Kier alpha value is -0.0800. The van der Waals surface area contributed by atoms with Gasteiger partial charge in [-0.2, -0.15) is 0 Å². The second-order valence-electron chi connectivity index (χ2n) is 4.19. The molecule has 0 aromatic heterocycles. The second kappa shape index (κ2) is 4.97. The molecule has 1 saturated carbocycles. The Balaban J connectivity index is 2.53. The largest absolute Gasteiger partial charge is 0.374 e. The van der Waals surface area contributed by atoms with Gasteiger partial charge in [-0.1, -0.05) is 26.2 Å². The molecular weight excluding hydrogens is 162 g/mol. The first-order valence-electron chi connectivity index (χ1n) is 5.60. The normalized spacial score (nSPS) is 34.8. The Bertz CT molecular complexity index is 145. The molecule has 0 aliphatic heterocycles. The monoisotopic (exact) mass is 185 g/mol. The van der Waals surface area contributed by atoms with E-state index in [2.05, 4.69) is 13.8 Å². The Morgan fingerprint density at radius 1 is 1.46 bits per heavy atom. The molecule has 1 aliphatic carbocycles. The molecule has 1 rings (SSSR count). The highest BCUT2D eigenvalue weighted by atomic mass is 16.5. The highest BCUT2D eigenvalue weighted by molar-refractivity contribution is 4.88. The molecule has 0 radical (unpaired) electrons. The van der Waals surface area contributed by atoms with Gasteiger partial charge in [-0.15, -0.1) is 0 Å². The summed E-state index contributed by atoms with van der Waals surface area (Å²) < 4.78 is 5.83. The summed E-state index contributed by atoms with van der Waals surface area (Å²) >= 11 is 0. The van der Waals surface area contributed by atoms with Gasteiger partial charge in [0.05, 0.1) is 5.60 Å². The van der Waals surface area contributed by atoms with Gasteiger partial charge in [0.25, 0.3) is 0 Å². The fraction of sp³-hybridized carbons (Fsp3) is 1.00. The Labute approximate surface area is 81.8 Å². The van der Waals surface area contributed by atoms with Crippen LogP contribution >= 0.6 is 0 Å². The third-order valence-electron chi connectivity index (χ3n) is 3.31. The molecule has 1 fully saturated rings. The minimum absolute atomic E-state index is 0.0215. The van der Waals surface area contributed by atoms with E-state index in [4.69, 9.17) is 10.5 Å². The zero-order valence-corrected chi connectivity index (χ0v) is 9.01. The molecule has 2 heteroatoms. The van der Waals surface area contributed by atoms with E-state index in [1.165, 1.54) is 25.7 Å². The van der Waals surface area contributed by atoms with E-state index in [9.17, 15) is 0 Å². The average molecular weight is 185 g/mol. The van der Waals surface area contributed by atoms with E-state index in [-0.39, 0.29) is 5.60 Å². The maximum Gasteiger partial charge on any atom is 0.0806 e. The highest BCUT2D eigenvalue weighted by Gasteiger charge is 2.34. The topological polar surface area (TPSA) is 35.2 Å². The number of hydrogen-bond acceptors (Lipinski definition) is 2. The van der Waals surface area contributed by atoms with E-state index in [1.807, 2.05) is 0 Å². The van der Waals surface area contributed by atoms with Gasteiger partial charge < -0.3 is 10.5 Å². The van der Waals surface area contributed by atoms with E-state index in [0.717, 1.165) is 18.9 Å². The maximum absolute atomic E-state index is 5.83. The van der Waals surface area contributed by atoms with Gasteiger partial charge in [0.1, 0.15) is 0 Å². The minimum Gasteiger partial charge on any atom is -0.374 e. The summed E-state index contributed by atoms with van der Waals surface area (Å²) in [5.74, 6) is 0.837. The van der Waals surface area contributed by atoms with Crippen LogP contribution < -0.4 is 5.73 Å². The molecule has 0 amide bonds. The van der Waals surface area contributed by atoms with Crippen LogP contribution in [0.2, 0.25) is 0 Å². The van der Waals surface area contributed by atoms with Crippen molar-refractivity contribution in [3.05, 3.63) is 0 Å². The summed E-state index contributed by atoms with van der Waals surface area (Å²) in [4.78, 5) is 0. The third kappa shape index (κ3) is 2.68. The van der Waals surface area contributed by atoms with Crippen molar-refractivity contribution >= 4 is 0 Å². The third-order valence-corrected chi connectivity index (χ3v) is 3.31. The van der Waals surface area contributed by atoms with Crippen molar-refractivity contribution in [2.75, 3.05) is 13.2 Å². The molecule has 2 nitrogen and oxygen atoms in total. The lowest BCUT2D eigenvalue weighted by Gasteiger charge is -2.39. The van der Waals surface area contributed by atoms with E-state index in [0.29, 0.717) is 6.54 Å². The Kier molecular flexibility index (Phi) is 4.20. The smallest absolute Gasteiger partial charge is 0.0806 e. The first-order valence-corrected chi connectivity index (χ1v) is 5.60. The van der Waals surface area contributed by atoms with E-state index >= 15 is 0 Å². The van der Waals surface area contributed by atoms with Crippen molar-refractivity contribution in [3.8, 4) is 0 Å². The lowest BCUT2D eigenvalue weighted by molar-refractivity contribution is -0.0712. The van der Waals surface area contributed by atoms with Crippen molar-refractivity contribution in [2.45, 2.75) is 51.6 Å². The van der Waals surface area contributed by atoms with Crippen molar-refractivity contribution in [3.63, 3.8) is 0 Å². The lowest BCUT2D eigenvalue weighted by atomic mass is 9.77. The van der Waals surface area contributed by atoms with Gasteiger partial charge >= 0.3 is 0 Å². The number of ether oxygens (including phenoxy) is 1. The Morgan fingerprint density at radius 2 is 2.23 bits per heavy atom. The molecule has 2 atom stereocenters. The quantitative estimate of drug-likeness (QED) is 0.729. The van der Waals surface area contributed by atoms with Crippen molar-refractivity contribution in [1.29, 1.82) is 0 Å². The van der Waals surface area contributed by atoms with Crippen LogP contribution in [0.4, 0.5) is 0 Å².